The lowest BCUT2D eigenvalue weighted by Gasteiger charge is -2.37. The third-order valence-electron chi connectivity index (χ3n) is 17.0. The summed E-state index contributed by atoms with van der Waals surface area (Å²) in [5, 5.41) is 33.3. The molecule has 10 aromatic carbocycles. The van der Waals surface area contributed by atoms with Crippen LogP contribution in [0.2, 0.25) is 0 Å². The van der Waals surface area contributed by atoms with Crippen LogP contribution in [0.4, 0.5) is 0 Å². The van der Waals surface area contributed by atoms with Crippen molar-refractivity contribution in [1.29, 1.82) is 10.5 Å². The average Bonchev–Trinajstić information content (AvgIpc) is 4.23. The van der Waals surface area contributed by atoms with E-state index in [0.717, 1.165) is 121 Å². The Labute approximate surface area is 433 Å². The van der Waals surface area contributed by atoms with Gasteiger partial charge >= 0.3 is 0 Å². The summed E-state index contributed by atoms with van der Waals surface area (Å²) in [5.74, 6) is -0.0496. The van der Waals surface area contributed by atoms with Crippen molar-refractivity contribution in [3.63, 3.8) is 0 Å². The molecule has 6 heteroatoms. The van der Waals surface area contributed by atoms with Crippen LogP contribution in [-0.2, 0) is 10.8 Å². The summed E-state index contributed by atoms with van der Waals surface area (Å²) >= 11 is 0. The molecule has 6 nitrogen and oxygen atoms in total. The third-order valence-corrected chi connectivity index (χ3v) is 17.0. The molecule has 75 heavy (non-hydrogen) atoms. The van der Waals surface area contributed by atoms with Crippen molar-refractivity contribution in [3.05, 3.63) is 240 Å². The van der Waals surface area contributed by atoms with E-state index in [2.05, 4.69) is 270 Å². The van der Waals surface area contributed by atoms with E-state index in [0.29, 0.717) is 11.1 Å². The van der Waals surface area contributed by atoms with E-state index >= 15 is 0 Å². The molecule has 0 radical (unpaired) electrons. The summed E-state index contributed by atoms with van der Waals surface area (Å²) in [6.07, 6.45) is 0. The van der Waals surface area contributed by atoms with E-state index in [1.165, 1.54) is 5.56 Å². The molecule has 0 spiro atoms. The largest absolute Gasteiger partial charge is 0.309 e. The fourth-order valence-corrected chi connectivity index (χ4v) is 14.5. The van der Waals surface area contributed by atoms with Gasteiger partial charge in [-0.05, 0) is 100 Å². The number of nitriles is 2. The second-order valence-corrected chi connectivity index (χ2v) is 21.5. The minimum atomic E-state index is -0.565. The molecule has 354 valence electrons. The predicted octanol–water partition coefficient (Wildman–Crippen LogP) is 17.2. The van der Waals surface area contributed by atoms with Gasteiger partial charge in [0.1, 0.15) is 12.1 Å². The first kappa shape index (κ1) is 43.0. The van der Waals surface area contributed by atoms with E-state index in [1.807, 2.05) is 0 Å². The summed E-state index contributed by atoms with van der Waals surface area (Å²) in [4.78, 5) is 0. The van der Waals surface area contributed by atoms with E-state index in [-0.39, 0.29) is 5.92 Å². The summed E-state index contributed by atoms with van der Waals surface area (Å²) in [5.41, 5.74) is 15.1. The Balaban J connectivity index is 1.13. The molecular weight excluding hydrogens is 913 g/mol. The number of hydrogen-bond donors (Lipinski definition) is 0. The van der Waals surface area contributed by atoms with Gasteiger partial charge in [-0.1, -0.05) is 167 Å². The Kier molecular flexibility index (Phi) is 8.86. The normalized spacial score (nSPS) is 14.3. The van der Waals surface area contributed by atoms with Crippen LogP contribution in [0.1, 0.15) is 61.4 Å². The highest BCUT2D eigenvalue weighted by molar-refractivity contribution is 6.30. The van der Waals surface area contributed by atoms with Crippen LogP contribution in [0.25, 0.3) is 110 Å². The van der Waals surface area contributed by atoms with Crippen molar-refractivity contribution in [2.75, 3.05) is 0 Å². The molecule has 0 N–H and O–H groups in total. The Morgan fingerprint density at radius 1 is 0.320 bits per heavy atom. The maximum atomic E-state index is 12.1. The lowest BCUT2D eigenvalue weighted by molar-refractivity contribution is 0.330. The van der Waals surface area contributed by atoms with Crippen molar-refractivity contribution in [2.24, 2.45) is 0 Å². The molecule has 4 aromatic heterocycles. The van der Waals surface area contributed by atoms with E-state index in [9.17, 15) is 10.5 Å². The zero-order valence-electron chi connectivity index (χ0n) is 42.0. The van der Waals surface area contributed by atoms with Crippen LogP contribution in [0.5, 0.6) is 0 Å². The van der Waals surface area contributed by atoms with Gasteiger partial charge in [0.15, 0.2) is 0 Å². The lowest BCUT2D eigenvalue weighted by Crippen LogP contribution is -2.32. The zero-order valence-corrected chi connectivity index (χ0v) is 42.0. The van der Waals surface area contributed by atoms with Gasteiger partial charge in [-0.25, -0.2) is 0 Å². The van der Waals surface area contributed by atoms with Gasteiger partial charge in [0.25, 0.3) is 0 Å². The standard InChI is InChI=1S/C69H48N6/c1-68(2)63-64(69(3,4)67(68)42-22-8-5-9-23-42)66(75-54-35-21-17-31-48(54)62-58(75)39-37-56-60(62)46-29-15-19-33-52(46)73(56)44-26-12-7-13-27-44)50(41-71)49(40-70)65(63)74-53-34-20-16-30-47(53)61-57(74)38-36-55-59(61)45-28-14-18-32-51(45)72(55)43-24-10-6-11-25-43/h5-39,67H,1-4H3. The molecule has 0 fully saturated rings. The van der Waals surface area contributed by atoms with Crippen LogP contribution in [0, 0.1) is 22.7 Å². The van der Waals surface area contributed by atoms with Crippen LogP contribution >= 0.6 is 0 Å². The number of para-hydroxylation sites is 6. The maximum Gasteiger partial charge on any atom is 0.103 e. The smallest absolute Gasteiger partial charge is 0.103 e. The number of hydrogen-bond acceptors (Lipinski definition) is 2. The molecule has 0 aliphatic heterocycles. The van der Waals surface area contributed by atoms with Crippen molar-refractivity contribution in [2.45, 2.75) is 44.4 Å². The number of benzene rings is 10. The first-order valence-electron chi connectivity index (χ1n) is 25.9. The summed E-state index contributed by atoms with van der Waals surface area (Å²) in [6, 6.07) is 81.3. The fourth-order valence-electron chi connectivity index (χ4n) is 14.5. The van der Waals surface area contributed by atoms with Gasteiger partial charge in [-0.3, -0.25) is 0 Å². The Morgan fingerprint density at radius 2 is 0.600 bits per heavy atom. The molecule has 0 unspecified atom stereocenters. The highest BCUT2D eigenvalue weighted by atomic mass is 15.0. The highest BCUT2D eigenvalue weighted by Crippen LogP contribution is 2.64. The second-order valence-electron chi connectivity index (χ2n) is 21.5. The van der Waals surface area contributed by atoms with Crippen molar-refractivity contribution in [1.82, 2.24) is 18.3 Å². The average molecular weight is 961 g/mol. The Morgan fingerprint density at radius 3 is 0.933 bits per heavy atom. The first-order chi connectivity index (χ1) is 36.7. The molecule has 4 heterocycles. The van der Waals surface area contributed by atoms with Gasteiger partial charge in [-0.2, -0.15) is 10.5 Å². The number of nitrogens with zero attached hydrogens (tertiary/aromatic N) is 6. The van der Waals surface area contributed by atoms with Crippen molar-refractivity contribution >= 4 is 87.2 Å². The van der Waals surface area contributed by atoms with Crippen LogP contribution < -0.4 is 0 Å². The van der Waals surface area contributed by atoms with Crippen LogP contribution in [0.3, 0.4) is 0 Å². The molecule has 0 amide bonds. The minimum Gasteiger partial charge on any atom is -0.309 e. The first-order valence-corrected chi connectivity index (χ1v) is 25.9. The highest BCUT2D eigenvalue weighted by Gasteiger charge is 2.56. The molecule has 0 atom stereocenters. The third kappa shape index (κ3) is 5.55. The van der Waals surface area contributed by atoms with Gasteiger partial charge in [0.05, 0.1) is 66.6 Å². The quantitative estimate of drug-likeness (QED) is 0.172. The Hall–Kier alpha value is -9.62. The van der Waals surface area contributed by atoms with Crippen LogP contribution in [-0.4, -0.2) is 18.3 Å². The molecule has 14 aromatic rings. The summed E-state index contributed by atoms with van der Waals surface area (Å²) in [7, 11) is 0. The fraction of sp³-hybridized carbons (Fsp3) is 0.101. The molecule has 0 saturated heterocycles. The van der Waals surface area contributed by atoms with Crippen molar-refractivity contribution in [3.8, 4) is 34.9 Å². The molecule has 1 aliphatic carbocycles. The second kappa shape index (κ2) is 15.4. The molecule has 0 bridgehead atoms. The molecule has 0 saturated carbocycles. The van der Waals surface area contributed by atoms with E-state index < -0.39 is 10.8 Å². The van der Waals surface area contributed by atoms with Gasteiger partial charge in [0, 0.05) is 60.4 Å². The van der Waals surface area contributed by atoms with E-state index in [1.54, 1.807) is 0 Å². The number of rotatable bonds is 5. The molecule has 1 aliphatic rings. The van der Waals surface area contributed by atoms with Gasteiger partial charge < -0.3 is 18.3 Å². The van der Waals surface area contributed by atoms with E-state index in [4.69, 9.17) is 0 Å². The SMILES string of the molecule is CC1(C)c2c(-n3c4ccccc4c4c5c6ccccc6n(-c6ccccc6)c5ccc43)c(C#N)c(C#N)c(-n3c4ccccc4c4c5c6ccccc6n(-c6ccccc6)c5ccc43)c2C(C)(C)C1c1ccccc1. The lowest BCUT2D eigenvalue weighted by atomic mass is 9.66. The molecule has 15 rings (SSSR count). The van der Waals surface area contributed by atoms with Gasteiger partial charge in [-0.15, -0.1) is 0 Å². The summed E-state index contributed by atoms with van der Waals surface area (Å²) in [6.45, 7) is 9.47. The monoisotopic (exact) mass is 960 g/mol. The Bertz CT molecular complexity index is 4550. The number of fused-ring (bicyclic) bond motifs is 15. The predicted molar refractivity (Wildman–Crippen MR) is 308 cm³/mol. The van der Waals surface area contributed by atoms with Gasteiger partial charge in [0.2, 0.25) is 0 Å². The van der Waals surface area contributed by atoms with Crippen LogP contribution in [0.15, 0.2) is 212 Å². The topological polar surface area (TPSA) is 67.3 Å². The zero-order chi connectivity index (χ0) is 50.5. The van der Waals surface area contributed by atoms with Crippen molar-refractivity contribution < 1.29 is 0 Å². The summed E-state index contributed by atoms with van der Waals surface area (Å²) < 4.78 is 9.43. The number of aromatic nitrogens is 4. The minimum absolute atomic E-state index is 0.0496. The maximum absolute atomic E-state index is 12.1. The molecular formula is C69H48N6.